The molecule has 19 heteroatoms. The Bertz CT molecular complexity index is 1810. The topological polar surface area (TPSA) is 237 Å². The number of carbonyl (C=O) groups is 4. The van der Waals surface area contributed by atoms with Gasteiger partial charge >= 0.3 is 39.5 Å². The van der Waals surface area contributed by atoms with E-state index in [2.05, 4.69) is 27.7 Å². The van der Waals surface area contributed by atoms with Crippen molar-refractivity contribution in [1.82, 2.24) is 0 Å². The van der Waals surface area contributed by atoms with Crippen molar-refractivity contribution in [1.29, 1.82) is 0 Å². The second-order valence-electron chi connectivity index (χ2n) is 27.4. The minimum Gasteiger partial charge on any atom is -0.462 e. The van der Waals surface area contributed by atoms with Crippen LogP contribution in [-0.4, -0.2) is 96.7 Å². The number of hydrogen-bond donors (Lipinski definition) is 3. The Kier molecular flexibility index (Phi) is 69.1. The smallest absolute Gasteiger partial charge is 0.462 e. The Morgan fingerprint density at radius 1 is 0.253 bits per heavy atom. The molecule has 0 aliphatic rings. The third-order valence-corrected chi connectivity index (χ3v) is 19.8. The van der Waals surface area contributed by atoms with E-state index in [1.807, 2.05) is 0 Å². The van der Waals surface area contributed by atoms with Gasteiger partial charge in [0.1, 0.15) is 19.3 Å². The largest absolute Gasteiger partial charge is 0.472 e. The van der Waals surface area contributed by atoms with Gasteiger partial charge in [-0.05, 0) is 25.7 Å². The standard InChI is InChI=1S/C76H148O17P2/c1-5-9-13-17-21-25-29-31-32-33-34-35-36-37-38-40-43-47-51-55-59-63-76(81)93-72(67-87-74(79)61-57-53-49-45-42-39-30-26-22-18-14-10-6-2)69-91-95(84,85)89-65-70(77)64-88-94(82,83)90-68-71(66-86-73(78)60-56-52-48-44-28-24-20-16-12-8-4)92-75(80)62-58-54-50-46-41-27-23-19-15-11-7-3/h70-72,77H,5-69H2,1-4H3,(H,82,83)(H,84,85)/t70-,71+,72+/m0/s1. The summed E-state index contributed by atoms with van der Waals surface area (Å²) in [6.07, 6.45) is 61.0. The maximum absolute atomic E-state index is 13.1. The molecule has 17 nitrogen and oxygen atoms in total. The molecule has 0 aromatic rings. The number of carbonyl (C=O) groups excluding carboxylic acids is 4. The molecule has 0 radical (unpaired) electrons. The second kappa shape index (κ2) is 70.5. The van der Waals surface area contributed by atoms with Gasteiger partial charge in [0, 0.05) is 25.7 Å². The molecular formula is C76H148O17P2. The van der Waals surface area contributed by atoms with Crippen LogP contribution in [0.5, 0.6) is 0 Å². The molecule has 0 aliphatic heterocycles. The van der Waals surface area contributed by atoms with Gasteiger partial charge in [-0.3, -0.25) is 37.3 Å². The number of aliphatic hydroxyl groups is 1. The molecule has 0 bridgehead atoms. The summed E-state index contributed by atoms with van der Waals surface area (Å²) in [6, 6.07) is 0. The molecule has 564 valence electrons. The molecule has 0 aromatic carbocycles. The van der Waals surface area contributed by atoms with Gasteiger partial charge < -0.3 is 33.8 Å². The fraction of sp³-hybridized carbons (Fsp3) is 0.947. The summed E-state index contributed by atoms with van der Waals surface area (Å²) < 4.78 is 68.5. The Morgan fingerprint density at radius 2 is 0.421 bits per heavy atom. The van der Waals surface area contributed by atoms with E-state index < -0.39 is 97.5 Å². The van der Waals surface area contributed by atoms with Crippen LogP contribution in [0, 0.1) is 0 Å². The van der Waals surface area contributed by atoms with E-state index in [4.69, 9.17) is 37.0 Å². The fourth-order valence-corrected chi connectivity index (χ4v) is 13.3. The van der Waals surface area contributed by atoms with Crippen molar-refractivity contribution in [3.63, 3.8) is 0 Å². The first-order chi connectivity index (χ1) is 46.2. The second-order valence-corrected chi connectivity index (χ2v) is 30.3. The van der Waals surface area contributed by atoms with Crippen LogP contribution in [0.15, 0.2) is 0 Å². The van der Waals surface area contributed by atoms with E-state index in [1.54, 1.807) is 0 Å². The molecule has 0 saturated carbocycles. The van der Waals surface area contributed by atoms with Crippen molar-refractivity contribution in [2.24, 2.45) is 0 Å². The minimum absolute atomic E-state index is 0.108. The summed E-state index contributed by atoms with van der Waals surface area (Å²) in [5.41, 5.74) is 0. The third-order valence-electron chi connectivity index (χ3n) is 17.9. The first-order valence-electron chi connectivity index (χ1n) is 39.8. The number of rotatable bonds is 77. The molecule has 0 amide bonds. The Labute approximate surface area is 581 Å². The van der Waals surface area contributed by atoms with Crippen LogP contribution in [0.25, 0.3) is 0 Å². The lowest BCUT2D eigenvalue weighted by atomic mass is 10.0. The molecule has 0 fully saturated rings. The first-order valence-corrected chi connectivity index (χ1v) is 42.8. The van der Waals surface area contributed by atoms with Crippen LogP contribution in [0.2, 0.25) is 0 Å². The highest BCUT2D eigenvalue weighted by Gasteiger charge is 2.30. The van der Waals surface area contributed by atoms with Crippen LogP contribution in [-0.2, 0) is 65.4 Å². The van der Waals surface area contributed by atoms with Crippen molar-refractivity contribution in [2.45, 2.75) is 425 Å². The number of phosphoric acid groups is 2. The molecule has 0 aromatic heterocycles. The van der Waals surface area contributed by atoms with E-state index in [0.717, 1.165) is 89.9 Å². The average Bonchev–Trinajstić information content (AvgIpc) is 1.51. The SMILES string of the molecule is CCCCCCCCCCCCCCCCCCCCCCCC(=O)O[C@H](COC(=O)CCCCCCCCCCCCCCC)COP(=O)(O)OC[C@@H](O)COP(=O)(O)OC[C@@H](COC(=O)CCCCCCCCCCCC)OC(=O)CCCCCCCCCCCCC. The molecule has 5 atom stereocenters. The van der Waals surface area contributed by atoms with Crippen molar-refractivity contribution >= 4 is 39.5 Å². The monoisotopic (exact) mass is 1400 g/mol. The van der Waals surface area contributed by atoms with Gasteiger partial charge in [0.2, 0.25) is 0 Å². The van der Waals surface area contributed by atoms with Crippen molar-refractivity contribution in [3.8, 4) is 0 Å². The van der Waals surface area contributed by atoms with Crippen LogP contribution >= 0.6 is 15.6 Å². The molecule has 0 spiro atoms. The maximum Gasteiger partial charge on any atom is 0.472 e. The summed E-state index contributed by atoms with van der Waals surface area (Å²) in [5, 5.41) is 10.6. The minimum atomic E-state index is -4.96. The summed E-state index contributed by atoms with van der Waals surface area (Å²) in [5.74, 6) is -2.11. The number of esters is 4. The number of hydrogen-bond acceptors (Lipinski definition) is 15. The van der Waals surface area contributed by atoms with Crippen molar-refractivity contribution in [3.05, 3.63) is 0 Å². The highest BCUT2D eigenvalue weighted by molar-refractivity contribution is 7.47. The van der Waals surface area contributed by atoms with Crippen molar-refractivity contribution in [2.75, 3.05) is 39.6 Å². The van der Waals surface area contributed by atoms with Gasteiger partial charge in [-0.15, -0.1) is 0 Å². The summed E-state index contributed by atoms with van der Waals surface area (Å²) >= 11 is 0. The van der Waals surface area contributed by atoms with Crippen LogP contribution in [0.4, 0.5) is 0 Å². The van der Waals surface area contributed by atoms with Crippen molar-refractivity contribution < 1.29 is 80.2 Å². The summed E-state index contributed by atoms with van der Waals surface area (Å²) in [7, 11) is -9.90. The van der Waals surface area contributed by atoms with Crippen LogP contribution in [0.1, 0.15) is 407 Å². The van der Waals surface area contributed by atoms with Gasteiger partial charge in [-0.25, -0.2) is 9.13 Å². The lowest BCUT2D eigenvalue weighted by molar-refractivity contribution is -0.161. The zero-order chi connectivity index (χ0) is 69.7. The molecule has 3 N–H and O–H groups in total. The molecular weight excluding hydrogens is 1250 g/mol. The highest BCUT2D eigenvalue weighted by Crippen LogP contribution is 2.45. The molecule has 2 unspecified atom stereocenters. The lowest BCUT2D eigenvalue weighted by Gasteiger charge is -2.21. The van der Waals surface area contributed by atoms with E-state index in [9.17, 15) is 43.2 Å². The van der Waals surface area contributed by atoms with Gasteiger partial charge in [0.15, 0.2) is 12.2 Å². The Hall–Kier alpha value is -1.94. The molecule has 0 rings (SSSR count). The molecule has 0 saturated heterocycles. The summed E-state index contributed by atoms with van der Waals surface area (Å²) in [6.45, 7) is 4.97. The number of unbranched alkanes of at least 4 members (excludes halogenated alkanes) is 51. The zero-order valence-corrected chi connectivity index (χ0v) is 63.4. The van der Waals surface area contributed by atoms with Gasteiger partial charge in [0.05, 0.1) is 26.4 Å². The lowest BCUT2D eigenvalue weighted by Crippen LogP contribution is -2.30. The Balaban J connectivity index is 5.18. The third kappa shape index (κ3) is 70.3. The normalized spacial score (nSPS) is 13.9. The maximum atomic E-state index is 13.1. The van der Waals surface area contributed by atoms with Gasteiger partial charge in [-0.2, -0.15) is 0 Å². The quantitative estimate of drug-likeness (QED) is 0.0222. The fourth-order valence-electron chi connectivity index (χ4n) is 11.8. The van der Waals surface area contributed by atoms with E-state index >= 15 is 0 Å². The molecule has 0 aliphatic carbocycles. The highest BCUT2D eigenvalue weighted by atomic mass is 31.2. The van der Waals surface area contributed by atoms with Gasteiger partial charge in [0.25, 0.3) is 0 Å². The van der Waals surface area contributed by atoms with Crippen LogP contribution < -0.4 is 0 Å². The molecule has 0 heterocycles. The van der Waals surface area contributed by atoms with Crippen LogP contribution in [0.3, 0.4) is 0 Å². The predicted octanol–water partition coefficient (Wildman–Crippen LogP) is 22.6. The first kappa shape index (κ1) is 93.1. The summed E-state index contributed by atoms with van der Waals surface area (Å²) in [4.78, 5) is 72.7. The number of phosphoric ester groups is 2. The zero-order valence-electron chi connectivity index (χ0n) is 61.6. The van der Waals surface area contributed by atoms with E-state index in [-0.39, 0.29) is 25.7 Å². The van der Waals surface area contributed by atoms with Gasteiger partial charge in [-0.1, -0.05) is 355 Å². The Morgan fingerprint density at radius 3 is 0.621 bits per heavy atom. The number of ether oxygens (including phenoxy) is 4. The number of aliphatic hydroxyl groups excluding tert-OH is 1. The van der Waals surface area contributed by atoms with E-state index in [0.29, 0.717) is 25.7 Å². The average molecular weight is 1400 g/mol. The van der Waals surface area contributed by atoms with E-state index in [1.165, 1.54) is 238 Å². The predicted molar refractivity (Wildman–Crippen MR) is 386 cm³/mol. The molecule has 95 heavy (non-hydrogen) atoms.